The van der Waals surface area contributed by atoms with Crippen LogP contribution in [0, 0.1) is 0 Å². The monoisotopic (exact) mass is 216 g/mol. The van der Waals surface area contributed by atoms with Crippen LogP contribution in [0.25, 0.3) is 0 Å². The van der Waals surface area contributed by atoms with Gasteiger partial charge in [-0.1, -0.05) is 32.4 Å². The largest absolute Gasteiger partial charge is 0.416 e. The fraction of sp³-hybridized carbons (Fsp3) is 0.500. The van der Waals surface area contributed by atoms with Crippen molar-refractivity contribution in [2.75, 3.05) is 0 Å². The highest BCUT2D eigenvalue weighted by Crippen LogP contribution is 2.34. The Labute approximate surface area is 88.1 Å². The van der Waals surface area contributed by atoms with E-state index in [0.29, 0.717) is 18.4 Å². The summed E-state index contributed by atoms with van der Waals surface area (Å²) in [6, 6.07) is 4.44. The SMILES string of the molecule is CCCc1c(CC)cccc1C(F)(F)F. The van der Waals surface area contributed by atoms with Gasteiger partial charge in [0.1, 0.15) is 0 Å². The third kappa shape index (κ3) is 2.74. The molecule has 0 saturated heterocycles. The molecule has 1 aromatic rings. The van der Waals surface area contributed by atoms with E-state index in [9.17, 15) is 13.2 Å². The predicted octanol–water partition coefficient (Wildman–Crippen LogP) is 4.22. The minimum absolute atomic E-state index is 0.468. The Morgan fingerprint density at radius 3 is 2.27 bits per heavy atom. The Morgan fingerprint density at radius 1 is 1.13 bits per heavy atom. The number of benzene rings is 1. The van der Waals surface area contributed by atoms with Crippen molar-refractivity contribution in [3.05, 3.63) is 34.9 Å². The van der Waals surface area contributed by atoms with E-state index in [1.165, 1.54) is 12.1 Å². The van der Waals surface area contributed by atoms with E-state index in [1.807, 2.05) is 13.8 Å². The molecule has 0 N–H and O–H groups in total. The molecule has 0 atom stereocenters. The van der Waals surface area contributed by atoms with E-state index in [1.54, 1.807) is 6.07 Å². The first-order chi connectivity index (χ1) is 7.00. The highest BCUT2D eigenvalue weighted by Gasteiger charge is 2.33. The number of alkyl halides is 3. The maximum Gasteiger partial charge on any atom is 0.416 e. The lowest BCUT2D eigenvalue weighted by Gasteiger charge is -2.15. The molecule has 0 aliphatic heterocycles. The van der Waals surface area contributed by atoms with E-state index >= 15 is 0 Å². The van der Waals surface area contributed by atoms with Crippen LogP contribution in [0.5, 0.6) is 0 Å². The Balaban J connectivity index is 3.25. The van der Waals surface area contributed by atoms with Crippen LogP contribution < -0.4 is 0 Å². The summed E-state index contributed by atoms with van der Waals surface area (Å²) in [5.41, 5.74) is 0.811. The van der Waals surface area contributed by atoms with Crippen molar-refractivity contribution in [2.45, 2.75) is 39.3 Å². The molecule has 0 aliphatic carbocycles. The van der Waals surface area contributed by atoms with Crippen molar-refractivity contribution in [1.82, 2.24) is 0 Å². The molecule has 3 heteroatoms. The summed E-state index contributed by atoms with van der Waals surface area (Å²) >= 11 is 0. The standard InChI is InChI=1S/C12H15F3/c1-3-6-10-9(4-2)7-5-8-11(10)12(13,14)15/h5,7-8H,3-4,6H2,1-2H3. The van der Waals surface area contributed by atoms with Gasteiger partial charge in [-0.05, 0) is 30.0 Å². The van der Waals surface area contributed by atoms with Gasteiger partial charge in [0.2, 0.25) is 0 Å². The molecule has 0 amide bonds. The molecule has 84 valence electrons. The Hall–Kier alpha value is -0.990. The molecule has 1 rings (SSSR count). The molecule has 15 heavy (non-hydrogen) atoms. The van der Waals surface area contributed by atoms with Gasteiger partial charge >= 0.3 is 6.18 Å². The average Bonchev–Trinajstić information content (AvgIpc) is 2.17. The van der Waals surface area contributed by atoms with Crippen molar-refractivity contribution in [3.8, 4) is 0 Å². The topological polar surface area (TPSA) is 0 Å². The van der Waals surface area contributed by atoms with Crippen LogP contribution in [-0.2, 0) is 19.0 Å². The van der Waals surface area contributed by atoms with Gasteiger partial charge in [-0.2, -0.15) is 13.2 Å². The molecule has 0 spiro atoms. The van der Waals surface area contributed by atoms with Gasteiger partial charge in [-0.25, -0.2) is 0 Å². The maximum atomic E-state index is 12.7. The zero-order chi connectivity index (χ0) is 11.5. The van der Waals surface area contributed by atoms with Crippen LogP contribution in [0.4, 0.5) is 13.2 Å². The molecule has 0 fully saturated rings. The van der Waals surface area contributed by atoms with Gasteiger partial charge < -0.3 is 0 Å². The average molecular weight is 216 g/mol. The molecule has 0 unspecified atom stereocenters. The smallest absolute Gasteiger partial charge is 0.166 e. The Kier molecular flexibility index (Phi) is 3.77. The lowest BCUT2D eigenvalue weighted by Crippen LogP contribution is -2.11. The summed E-state index contributed by atoms with van der Waals surface area (Å²) in [7, 11) is 0. The van der Waals surface area contributed by atoms with Crippen molar-refractivity contribution >= 4 is 0 Å². The highest BCUT2D eigenvalue weighted by atomic mass is 19.4. The zero-order valence-corrected chi connectivity index (χ0v) is 8.99. The molecule has 0 aliphatic rings. The molecule has 0 bridgehead atoms. The van der Waals surface area contributed by atoms with Crippen molar-refractivity contribution in [3.63, 3.8) is 0 Å². The molecule has 0 saturated carbocycles. The van der Waals surface area contributed by atoms with E-state index in [2.05, 4.69) is 0 Å². The maximum absolute atomic E-state index is 12.7. The van der Waals surface area contributed by atoms with Gasteiger partial charge in [0.15, 0.2) is 0 Å². The normalized spacial score (nSPS) is 11.8. The number of rotatable bonds is 3. The third-order valence-corrected chi connectivity index (χ3v) is 2.46. The second kappa shape index (κ2) is 4.69. The molecule has 0 nitrogen and oxygen atoms in total. The van der Waals surface area contributed by atoms with Crippen LogP contribution in [0.1, 0.15) is 37.0 Å². The Morgan fingerprint density at radius 2 is 1.80 bits per heavy atom. The first-order valence-corrected chi connectivity index (χ1v) is 5.18. The van der Waals surface area contributed by atoms with Crippen molar-refractivity contribution < 1.29 is 13.2 Å². The molecular weight excluding hydrogens is 201 g/mol. The van der Waals surface area contributed by atoms with Gasteiger partial charge in [-0.3, -0.25) is 0 Å². The van der Waals surface area contributed by atoms with Crippen molar-refractivity contribution in [1.29, 1.82) is 0 Å². The lowest BCUT2D eigenvalue weighted by molar-refractivity contribution is -0.138. The lowest BCUT2D eigenvalue weighted by atomic mass is 9.95. The number of aryl methyl sites for hydroxylation is 1. The van der Waals surface area contributed by atoms with Crippen molar-refractivity contribution in [2.24, 2.45) is 0 Å². The summed E-state index contributed by atoms with van der Waals surface area (Å²) in [5.74, 6) is 0. The van der Waals surface area contributed by atoms with E-state index in [0.717, 1.165) is 12.0 Å². The number of hydrogen-bond donors (Lipinski definition) is 0. The Bertz CT molecular complexity index is 326. The van der Waals surface area contributed by atoms with E-state index in [4.69, 9.17) is 0 Å². The van der Waals surface area contributed by atoms with Gasteiger partial charge in [0.05, 0.1) is 5.56 Å². The van der Waals surface area contributed by atoms with Gasteiger partial charge in [0, 0.05) is 0 Å². The summed E-state index contributed by atoms with van der Waals surface area (Å²) in [4.78, 5) is 0. The highest BCUT2D eigenvalue weighted by molar-refractivity contribution is 5.37. The van der Waals surface area contributed by atoms with Crippen LogP contribution in [0.3, 0.4) is 0 Å². The summed E-state index contributed by atoms with van der Waals surface area (Å²) < 4.78 is 38.1. The second-order valence-corrected chi connectivity index (χ2v) is 3.54. The summed E-state index contributed by atoms with van der Waals surface area (Å²) in [6.07, 6.45) is -2.34. The summed E-state index contributed by atoms with van der Waals surface area (Å²) in [6.45, 7) is 3.78. The van der Waals surface area contributed by atoms with Crippen LogP contribution in [0.2, 0.25) is 0 Å². The third-order valence-electron chi connectivity index (χ3n) is 2.46. The predicted molar refractivity (Wildman–Crippen MR) is 54.8 cm³/mol. The van der Waals surface area contributed by atoms with Gasteiger partial charge in [-0.15, -0.1) is 0 Å². The quantitative estimate of drug-likeness (QED) is 0.709. The van der Waals surface area contributed by atoms with Gasteiger partial charge in [0.25, 0.3) is 0 Å². The first-order valence-electron chi connectivity index (χ1n) is 5.18. The van der Waals surface area contributed by atoms with Crippen LogP contribution in [-0.4, -0.2) is 0 Å². The fourth-order valence-corrected chi connectivity index (χ4v) is 1.78. The minimum atomic E-state index is -4.23. The first kappa shape index (κ1) is 12.1. The zero-order valence-electron chi connectivity index (χ0n) is 8.99. The number of hydrogen-bond acceptors (Lipinski definition) is 0. The minimum Gasteiger partial charge on any atom is -0.166 e. The fourth-order valence-electron chi connectivity index (χ4n) is 1.78. The number of halogens is 3. The molecule has 0 heterocycles. The van der Waals surface area contributed by atoms with Crippen LogP contribution in [0.15, 0.2) is 18.2 Å². The molecular formula is C12H15F3. The molecule has 1 aromatic carbocycles. The molecule has 0 radical (unpaired) electrons. The van der Waals surface area contributed by atoms with E-state index < -0.39 is 11.7 Å². The molecule has 0 aromatic heterocycles. The van der Waals surface area contributed by atoms with E-state index in [-0.39, 0.29) is 0 Å². The summed E-state index contributed by atoms with van der Waals surface area (Å²) in [5, 5.41) is 0. The van der Waals surface area contributed by atoms with Crippen LogP contribution >= 0.6 is 0 Å². The second-order valence-electron chi connectivity index (χ2n) is 3.54.